The zero-order chi connectivity index (χ0) is 23.6. The zero-order valence-corrected chi connectivity index (χ0v) is 20.2. The summed E-state index contributed by atoms with van der Waals surface area (Å²) in [5.74, 6) is 1.91. The van der Waals surface area contributed by atoms with Crippen molar-refractivity contribution >= 4 is 39.7 Å². The van der Waals surface area contributed by atoms with E-state index in [1.165, 1.54) is 5.56 Å². The number of thiophene rings is 1. The van der Waals surface area contributed by atoms with Gasteiger partial charge in [0, 0.05) is 42.9 Å². The normalized spacial score (nSPS) is 14.5. The molecule has 35 heavy (non-hydrogen) atoms. The Morgan fingerprint density at radius 3 is 2.60 bits per heavy atom. The van der Waals surface area contributed by atoms with E-state index in [4.69, 9.17) is 4.98 Å². The molecule has 0 bridgehead atoms. The number of rotatable bonds is 5. The van der Waals surface area contributed by atoms with E-state index in [-0.39, 0.29) is 5.91 Å². The maximum absolute atomic E-state index is 12.9. The minimum absolute atomic E-state index is 0.194. The third kappa shape index (κ3) is 4.37. The number of para-hydroxylation sites is 1. The molecule has 1 fully saturated rings. The van der Waals surface area contributed by atoms with Crippen molar-refractivity contribution in [1.82, 2.24) is 24.5 Å². The molecule has 0 N–H and O–H groups in total. The fraction of sp³-hybridized carbons (Fsp3) is 0.259. The lowest BCUT2D eigenvalue weighted by Crippen LogP contribution is -2.36. The predicted molar refractivity (Wildman–Crippen MR) is 139 cm³/mol. The van der Waals surface area contributed by atoms with Gasteiger partial charge in [0.2, 0.25) is 11.9 Å². The number of benzene rings is 2. The molecule has 0 atom stereocenters. The van der Waals surface area contributed by atoms with Gasteiger partial charge in [-0.2, -0.15) is 0 Å². The first-order chi connectivity index (χ1) is 17.3. The van der Waals surface area contributed by atoms with Gasteiger partial charge in [-0.15, -0.1) is 21.5 Å². The molecule has 176 valence electrons. The maximum atomic E-state index is 12.9. The summed E-state index contributed by atoms with van der Waals surface area (Å²) < 4.78 is 2.11. The first kappa shape index (κ1) is 21.7. The molecule has 0 aliphatic carbocycles. The third-order valence-electron chi connectivity index (χ3n) is 6.54. The molecule has 1 saturated heterocycles. The summed E-state index contributed by atoms with van der Waals surface area (Å²) in [6.45, 7) is 2.98. The van der Waals surface area contributed by atoms with E-state index in [9.17, 15) is 4.79 Å². The van der Waals surface area contributed by atoms with Crippen LogP contribution in [0.2, 0.25) is 0 Å². The van der Waals surface area contributed by atoms with Crippen molar-refractivity contribution in [2.45, 2.75) is 19.3 Å². The lowest BCUT2D eigenvalue weighted by atomic mass is 10.1. The molecule has 1 amide bonds. The van der Waals surface area contributed by atoms with E-state index in [1.54, 1.807) is 11.3 Å². The first-order valence-electron chi connectivity index (χ1n) is 12.0. The molecular weight excluding hydrogens is 456 g/mol. The van der Waals surface area contributed by atoms with Gasteiger partial charge in [0.15, 0.2) is 5.65 Å². The number of amides is 1. The number of aromatic nitrogens is 4. The molecule has 1 aliphatic rings. The molecule has 4 heterocycles. The van der Waals surface area contributed by atoms with Crippen molar-refractivity contribution in [3.05, 3.63) is 88.4 Å². The Morgan fingerprint density at radius 1 is 0.886 bits per heavy atom. The van der Waals surface area contributed by atoms with Gasteiger partial charge in [0.25, 0.3) is 0 Å². The molecule has 0 saturated carbocycles. The van der Waals surface area contributed by atoms with Crippen LogP contribution < -0.4 is 4.90 Å². The summed E-state index contributed by atoms with van der Waals surface area (Å²) in [4.78, 5) is 23.4. The van der Waals surface area contributed by atoms with Crippen LogP contribution in [0.15, 0.2) is 72.1 Å². The van der Waals surface area contributed by atoms with E-state index >= 15 is 0 Å². The van der Waals surface area contributed by atoms with Crippen molar-refractivity contribution in [2.24, 2.45) is 0 Å². The summed E-state index contributed by atoms with van der Waals surface area (Å²) in [5.41, 5.74) is 2.91. The van der Waals surface area contributed by atoms with Crippen molar-refractivity contribution < 1.29 is 4.79 Å². The number of anilines is 1. The minimum atomic E-state index is 0.194. The molecule has 6 rings (SSSR count). The second kappa shape index (κ2) is 9.46. The molecule has 0 radical (unpaired) electrons. The van der Waals surface area contributed by atoms with Crippen LogP contribution in [-0.4, -0.2) is 56.6 Å². The van der Waals surface area contributed by atoms with Crippen LogP contribution in [0.1, 0.15) is 22.7 Å². The van der Waals surface area contributed by atoms with E-state index in [0.29, 0.717) is 19.4 Å². The minimum Gasteiger partial charge on any atom is -0.341 e. The quantitative estimate of drug-likeness (QED) is 0.375. The van der Waals surface area contributed by atoms with Crippen LogP contribution >= 0.6 is 11.3 Å². The van der Waals surface area contributed by atoms with Crippen LogP contribution in [0, 0.1) is 0 Å². The summed E-state index contributed by atoms with van der Waals surface area (Å²) in [7, 11) is 0. The number of fused-ring (bicyclic) bond motifs is 3. The highest BCUT2D eigenvalue weighted by Crippen LogP contribution is 2.26. The number of carbonyl (C=O) groups is 1. The SMILES string of the molecule is O=C(Cc1cccs1)N1CCCN(c2nc3ccccc3c3nnc(Cc4ccccc4)n23)CC1. The van der Waals surface area contributed by atoms with E-state index in [0.717, 1.165) is 59.3 Å². The van der Waals surface area contributed by atoms with Crippen molar-refractivity contribution in [1.29, 1.82) is 0 Å². The van der Waals surface area contributed by atoms with Gasteiger partial charge in [-0.1, -0.05) is 48.5 Å². The van der Waals surface area contributed by atoms with Gasteiger partial charge in [-0.3, -0.25) is 4.79 Å². The van der Waals surface area contributed by atoms with Crippen molar-refractivity contribution in [3.63, 3.8) is 0 Å². The Kier molecular flexibility index (Phi) is 5.88. The van der Waals surface area contributed by atoms with Crippen LogP contribution in [0.3, 0.4) is 0 Å². The largest absolute Gasteiger partial charge is 0.341 e. The Bertz CT molecular complexity index is 1460. The Hall–Kier alpha value is -3.78. The number of hydrogen-bond acceptors (Lipinski definition) is 6. The fourth-order valence-corrected chi connectivity index (χ4v) is 5.46. The van der Waals surface area contributed by atoms with Crippen LogP contribution in [0.5, 0.6) is 0 Å². The van der Waals surface area contributed by atoms with Crippen LogP contribution in [-0.2, 0) is 17.6 Å². The zero-order valence-electron chi connectivity index (χ0n) is 19.4. The highest BCUT2D eigenvalue weighted by molar-refractivity contribution is 7.10. The van der Waals surface area contributed by atoms with Crippen LogP contribution in [0.4, 0.5) is 5.95 Å². The highest BCUT2D eigenvalue weighted by atomic mass is 32.1. The number of carbonyl (C=O) groups excluding carboxylic acids is 1. The molecule has 1 aliphatic heterocycles. The monoisotopic (exact) mass is 482 g/mol. The van der Waals surface area contributed by atoms with E-state index < -0.39 is 0 Å². The molecule has 0 unspecified atom stereocenters. The standard InChI is InChI=1S/C27H26N6OS/c34-25(19-21-10-6-17-35-21)31-13-7-14-32(16-15-31)27-28-23-12-5-4-11-22(23)26-30-29-24(33(26)27)18-20-8-2-1-3-9-20/h1-6,8-12,17H,7,13-16,18-19H2. The fourth-order valence-electron chi connectivity index (χ4n) is 4.77. The average Bonchev–Trinajstić information content (AvgIpc) is 3.48. The first-order valence-corrected chi connectivity index (χ1v) is 12.9. The summed E-state index contributed by atoms with van der Waals surface area (Å²) in [6.07, 6.45) is 2.04. The van der Waals surface area contributed by atoms with Crippen molar-refractivity contribution in [2.75, 3.05) is 31.1 Å². The summed E-state index contributed by atoms with van der Waals surface area (Å²) >= 11 is 1.64. The maximum Gasteiger partial charge on any atom is 0.227 e. The average molecular weight is 483 g/mol. The second-order valence-corrected chi connectivity index (χ2v) is 9.88. The van der Waals surface area contributed by atoms with E-state index in [2.05, 4.69) is 37.7 Å². The second-order valence-electron chi connectivity index (χ2n) is 8.84. The molecule has 2 aromatic carbocycles. The molecule has 7 nitrogen and oxygen atoms in total. The van der Waals surface area contributed by atoms with Gasteiger partial charge in [0.1, 0.15) is 5.82 Å². The third-order valence-corrected chi connectivity index (χ3v) is 7.41. The van der Waals surface area contributed by atoms with Gasteiger partial charge in [0.05, 0.1) is 11.9 Å². The van der Waals surface area contributed by atoms with Gasteiger partial charge >= 0.3 is 0 Å². The predicted octanol–water partition coefficient (Wildman–Crippen LogP) is 4.21. The summed E-state index contributed by atoms with van der Waals surface area (Å²) in [6, 6.07) is 22.5. The summed E-state index contributed by atoms with van der Waals surface area (Å²) in [5, 5.41) is 12.2. The lowest BCUT2D eigenvalue weighted by molar-refractivity contribution is -0.130. The topological polar surface area (TPSA) is 66.6 Å². The number of nitrogens with zero attached hydrogens (tertiary/aromatic N) is 6. The molecule has 5 aromatic rings. The number of hydrogen-bond donors (Lipinski definition) is 0. The molecular formula is C27H26N6OS. The van der Waals surface area contributed by atoms with Gasteiger partial charge in [-0.05, 0) is 35.6 Å². The van der Waals surface area contributed by atoms with Crippen molar-refractivity contribution in [3.8, 4) is 0 Å². The molecule has 0 spiro atoms. The molecule has 8 heteroatoms. The van der Waals surface area contributed by atoms with Crippen LogP contribution in [0.25, 0.3) is 16.6 Å². The van der Waals surface area contributed by atoms with Gasteiger partial charge < -0.3 is 9.80 Å². The molecule has 3 aromatic heterocycles. The lowest BCUT2D eigenvalue weighted by Gasteiger charge is -2.24. The van der Waals surface area contributed by atoms with E-state index in [1.807, 2.05) is 58.8 Å². The Morgan fingerprint density at radius 2 is 1.74 bits per heavy atom. The Balaban J connectivity index is 1.34. The Labute approximate surface area is 207 Å². The smallest absolute Gasteiger partial charge is 0.227 e. The van der Waals surface area contributed by atoms with Gasteiger partial charge in [-0.25, -0.2) is 9.38 Å². The highest BCUT2D eigenvalue weighted by Gasteiger charge is 2.24.